The predicted octanol–water partition coefficient (Wildman–Crippen LogP) is 11.5. The molecule has 9 aromatic rings. The first-order chi connectivity index (χ1) is 26.6. The maximum Gasteiger partial charge on any atom is 0.129 e. The zero-order valence-electron chi connectivity index (χ0n) is 32.5. The predicted molar refractivity (Wildman–Crippen MR) is 200 cm³/mol. The van der Waals surface area contributed by atoms with Crippen LogP contribution in [0.15, 0.2) is 157 Å². The summed E-state index contributed by atoms with van der Waals surface area (Å²) in [6.45, 7) is -4.34. The molecular weight excluding hydrogens is 791 g/mol. The van der Waals surface area contributed by atoms with Crippen LogP contribution in [-0.4, -0.2) is 15.0 Å². The molecule has 0 unspecified atom stereocenters. The van der Waals surface area contributed by atoms with E-state index in [1.165, 1.54) is 24.4 Å². The third-order valence-electron chi connectivity index (χ3n) is 8.41. The molecule has 1 radical (unpaired) electrons. The van der Waals surface area contributed by atoms with Crippen molar-refractivity contribution in [1.29, 1.82) is 0 Å². The van der Waals surface area contributed by atoms with Crippen LogP contribution < -0.4 is 0 Å². The Bertz CT molecular complexity index is 2710. The Kier molecular flexibility index (Phi) is 7.53. The van der Waals surface area contributed by atoms with Crippen molar-refractivity contribution < 1.29 is 32.7 Å². The minimum Gasteiger partial charge on any atom is -0.500 e. The van der Waals surface area contributed by atoms with Crippen LogP contribution in [0.4, 0.5) is 0 Å². The average Bonchev–Trinajstić information content (AvgIpc) is 3.61. The van der Waals surface area contributed by atoms with Crippen molar-refractivity contribution in [2.45, 2.75) is 13.7 Å². The van der Waals surface area contributed by atoms with Crippen LogP contribution in [-0.2, 0) is 20.1 Å². The van der Waals surface area contributed by atoms with E-state index in [4.69, 9.17) is 12.6 Å². The van der Waals surface area contributed by atoms with Crippen molar-refractivity contribution in [3.05, 3.63) is 175 Å². The monoisotopic (exact) mass is 828 g/mol. The first-order valence-electron chi connectivity index (χ1n) is 18.8. The molecule has 0 spiro atoms. The summed E-state index contributed by atoms with van der Waals surface area (Å²) in [6.07, 6.45) is 6.86. The fraction of sp³-hybridized carbons (Fsp3) is 0.0444. The van der Waals surface area contributed by atoms with Gasteiger partial charge in [0.25, 0.3) is 0 Å². The molecule has 0 fully saturated rings. The van der Waals surface area contributed by atoms with Gasteiger partial charge in [0, 0.05) is 69.5 Å². The normalized spacial score (nSPS) is 13.1. The minimum absolute atomic E-state index is 0. The van der Waals surface area contributed by atoms with E-state index in [0.29, 0.717) is 11.3 Å². The van der Waals surface area contributed by atoms with Gasteiger partial charge in [0.2, 0.25) is 0 Å². The molecule has 0 aliphatic carbocycles. The molecule has 0 N–H and O–H groups in total. The van der Waals surface area contributed by atoms with Crippen LogP contribution >= 0.6 is 0 Å². The summed E-state index contributed by atoms with van der Waals surface area (Å²) in [5.74, 6) is 0. The number of aromatic nitrogens is 3. The Hall–Kier alpha value is -5.74. The summed E-state index contributed by atoms with van der Waals surface area (Å²) in [5.41, 5.74) is 9.34. The molecule has 50 heavy (non-hydrogen) atoms. The molecule has 5 heteroatoms. The van der Waals surface area contributed by atoms with Gasteiger partial charge in [-0.15, -0.1) is 53.6 Å². The number of aryl methyl sites for hydroxylation is 2. The van der Waals surface area contributed by atoms with E-state index in [1.807, 2.05) is 48.8 Å². The van der Waals surface area contributed by atoms with E-state index in [2.05, 4.69) is 87.7 Å². The van der Waals surface area contributed by atoms with Crippen molar-refractivity contribution in [3.8, 4) is 44.8 Å². The molecule has 4 heterocycles. The third kappa shape index (κ3) is 6.37. The number of rotatable bonds is 4. The number of hydrogen-bond acceptors (Lipinski definition) is 4. The van der Waals surface area contributed by atoms with Crippen LogP contribution in [0.25, 0.3) is 77.5 Å². The molecular formula is C45H31IrN3O-2. The summed E-state index contributed by atoms with van der Waals surface area (Å²) in [5, 5.41) is 4.39. The summed E-state index contributed by atoms with van der Waals surface area (Å²) < 4.78 is 50.4. The van der Waals surface area contributed by atoms with E-state index in [0.717, 1.165) is 66.2 Å². The van der Waals surface area contributed by atoms with Crippen molar-refractivity contribution in [3.63, 3.8) is 0 Å². The van der Waals surface area contributed by atoms with Crippen molar-refractivity contribution in [2.75, 3.05) is 0 Å². The molecule has 4 aromatic heterocycles. The van der Waals surface area contributed by atoms with Gasteiger partial charge in [0.1, 0.15) is 5.58 Å². The number of fused-ring (bicyclic) bond motifs is 4. The zero-order chi connectivity index (χ0) is 38.2. The van der Waals surface area contributed by atoms with Crippen LogP contribution in [0.1, 0.15) is 19.4 Å². The van der Waals surface area contributed by atoms with Gasteiger partial charge in [-0.3, -0.25) is 4.98 Å². The van der Waals surface area contributed by atoms with Crippen LogP contribution in [0, 0.1) is 25.8 Å². The molecule has 0 saturated heterocycles. The molecule has 4 nitrogen and oxygen atoms in total. The van der Waals surface area contributed by atoms with E-state index in [9.17, 15) is 0 Å². The molecule has 9 rings (SSSR count). The second-order valence-electron chi connectivity index (χ2n) is 11.5. The number of nitrogens with zero attached hydrogens (tertiary/aromatic N) is 3. The summed E-state index contributed by atoms with van der Waals surface area (Å²) in [6, 6.07) is 47.0. The largest absolute Gasteiger partial charge is 0.500 e. The van der Waals surface area contributed by atoms with Gasteiger partial charge in [-0.2, -0.15) is 0 Å². The Morgan fingerprint density at radius 1 is 0.600 bits per heavy atom. The van der Waals surface area contributed by atoms with Crippen molar-refractivity contribution >= 4 is 32.7 Å². The van der Waals surface area contributed by atoms with Crippen LogP contribution in [0.5, 0.6) is 0 Å². The molecule has 5 aromatic carbocycles. The van der Waals surface area contributed by atoms with Gasteiger partial charge < -0.3 is 14.4 Å². The van der Waals surface area contributed by atoms with Gasteiger partial charge in [-0.05, 0) is 64.1 Å². The topological polar surface area (TPSA) is 51.8 Å². The summed E-state index contributed by atoms with van der Waals surface area (Å²) in [7, 11) is 0. The fourth-order valence-electron chi connectivity index (χ4n) is 6.10. The smallest absolute Gasteiger partial charge is 0.129 e. The summed E-state index contributed by atoms with van der Waals surface area (Å²) >= 11 is 0. The van der Waals surface area contributed by atoms with Crippen molar-refractivity contribution in [2.24, 2.45) is 0 Å². The van der Waals surface area contributed by atoms with Gasteiger partial charge in [0.15, 0.2) is 0 Å². The first-order valence-corrected chi connectivity index (χ1v) is 15.8. The quantitative estimate of drug-likeness (QED) is 0.166. The SMILES string of the molecule is [2H]C([2H])([2H])c1c[c-]c(-c2ccc(C([2H])([2H])[2H])cn2)cc1.[Ir].[c-]1ccc2c(oc3c(-c4cccc5ccncc45)ccc(-c4ccccc4)c32)c1-c1ccccn1. The van der Waals surface area contributed by atoms with E-state index in [1.54, 1.807) is 18.3 Å². The molecule has 0 bridgehead atoms. The number of furan rings is 1. The standard InChI is InChI=1S/C32H19N2O.C13H12N.Ir/c1-2-8-21(9-3-1)23-15-16-25(24-11-6-10-22-17-19-33-20-28(22)24)32-30(23)27-13-7-12-26(31(27)35-32)29-14-4-5-18-34-29;1-10-3-6-12(7-4-10)13-8-5-11(2)9-14-13;/h1-11,13-20H;3-6,8-9H,1-2H3;/q2*-1;/i;1D3,2D3;. The van der Waals surface area contributed by atoms with Crippen LogP contribution in [0.3, 0.4) is 0 Å². The molecule has 0 saturated carbocycles. The molecule has 0 amide bonds. The van der Waals surface area contributed by atoms with Gasteiger partial charge >= 0.3 is 0 Å². The van der Waals surface area contributed by atoms with Crippen LogP contribution in [0.2, 0.25) is 0 Å². The Balaban J connectivity index is 0.000000197. The number of pyridine rings is 3. The Labute approximate surface area is 313 Å². The van der Waals surface area contributed by atoms with Gasteiger partial charge in [0.05, 0.1) is 5.58 Å². The van der Waals surface area contributed by atoms with E-state index in [-0.39, 0.29) is 31.2 Å². The molecule has 0 aliphatic heterocycles. The van der Waals surface area contributed by atoms with Gasteiger partial charge in [-0.25, -0.2) is 0 Å². The minimum atomic E-state index is -2.18. The summed E-state index contributed by atoms with van der Waals surface area (Å²) in [4.78, 5) is 13.0. The molecule has 0 aliphatic rings. The maximum atomic E-state index is 7.28. The Morgan fingerprint density at radius 2 is 1.46 bits per heavy atom. The first kappa shape index (κ1) is 26.2. The zero-order valence-corrected chi connectivity index (χ0v) is 28.9. The second kappa shape index (κ2) is 14.4. The second-order valence-corrected chi connectivity index (χ2v) is 11.5. The molecule has 243 valence electrons. The van der Waals surface area contributed by atoms with E-state index < -0.39 is 13.7 Å². The molecule has 0 atom stereocenters. The van der Waals surface area contributed by atoms with Crippen molar-refractivity contribution in [1.82, 2.24) is 15.0 Å². The average molecular weight is 828 g/mol. The Morgan fingerprint density at radius 3 is 2.24 bits per heavy atom. The van der Waals surface area contributed by atoms with E-state index >= 15 is 0 Å². The van der Waals surface area contributed by atoms with Gasteiger partial charge in [-0.1, -0.05) is 96.7 Å². The third-order valence-corrected chi connectivity index (χ3v) is 8.41. The fourth-order valence-corrected chi connectivity index (χ4v) is 6.10. The number of hydrogen-bond donors (Lipinski definition) is 0. The number of benzene rings is 5. The maximum absolute atomic E-state index is 7.28.